The van der Waals surface area contributed by atoms with Crippen LogP contribution in [0.25, 0.3) is 0 Å². The molecule has 0 aliphatic carbocycles. The van der Waals surface area contributed by atoms with Gasteiger partial charge in [0.2, 0.25) is 5.91 Å². The molecule has 0 spiro atoms. The van der Waals surface area contributed by atoms with Crippen LogP contribution >= 0.6 is 39.1 Å². The molecule has 1 atom stereocenters. The summed E-state index contributed by atoms with van der Waals surface area (Å²) in [4.78, 5) is 27.6. The SMILES string of the molecule is CCCNC(=O)[C@H](CC)N(Cc1ccc(Cl)cc1Cl)C(=O)COc1ccc(CC)cc1Br. The second-order valence-electron chi connectivity index (χ2n) is 7.38. The Bertz CT molecular complexity index is 939. The third kappa shape index (κ3) is 7.39. The first-order valence-electron chi connectivity index (χ1n) is 10.7. The Morgan fingerprint density at radius 2 is 1.88 bits per heavy atom. The fourth-order valence-electron chi connectivity index (χ4n) is 3.22. The van der Waals surface area contributed by atoms with Gasteiger partial charge >= 0.3 is 0 Å². The summed E-state index contributed by atoms with van der Waals surface area (Å²) in [7, 11) is 0. The highest BCUT2D eigenvalue weighted by molar-refractivity contribution is 9.10. The van der Waals surface area contributed by atoms with Crippen molar-refractivity contribution in [3.05, 3.63) is 62.0 Å². The number of aryl methyl sites for hydroxylation is 1. The molecule has 5 nitrogen and oxygen atoms in total. The highest BCUT2D eigenvalue weighted by atomic mass is 79.9. The monoisotopic (exact) mass is 542 g/mol. The minimum Gasteiger partial charge on any atom is -0.483 e. The maximum Gasteiger partial charge on any atom is 0.261 e. The van der Waals surface area contributed by atoms with Crippen LogP contribution in [0.3, 0.4) is 0 Å². The van der Waals surface area contributed by atoms with Crippen LogP contribution in [-0.4, -0.2) is 35.9 Å². The van der Waals surface area contributed by atoms with Gasteiger partial charge in [-0.2, -0.15) is 0 Å². The van der Waals surface area contributed by atoms with Crippen LogP contribution in [-0.2, 0) is 22.6 Å². The molecule has 2 aromatic carbocycles. The lowest BCUT2D eigenvalue weighted by atomic mass is 10.1. The summed E-state index contributed by atoms with van der Waals surface area (Å²) in [5, 5.41) is 3.84. The number of halogens is 3. The molecular weight excluding hydrogens is 515 g/mol. The highest BCUT2D eigenvalue weighted by Crippen LogP contribution is 2.27. The van der Waals surface area contributed by atoms with E-state index in [0.29, 0.717) is 34.3 Å². The number of rotatable bonds is 11. The Hall–Kier alpha value is -1.76. The predicted octanol–water partition coefficient (Wildman–Crippen LogP) is 6.03. The quantitative estimate of drug-likeness (QED) is 0.376. The summed E-state index contributed by atoms with van der Waals surface area (Å²) in [6, 6.07) is 10.2. The average molecular weight is 544 g/mol. The summed E-state index contributed by atoms with van der Waals surface area (Å²) < 4.78 is 6.58. The first-order chi connectivity index (χ1) is 15.3. The number of benzene rings is 2. The van der Waals surface area contributed by atoms with Crippen molar-refractivity contribution in [2.75, 3.05) is 13.2 Å². The van der Waals surface area contributed by atoms with Crippen LogP contribution in [0.15, 0.2) is 40.9 Å². The van der Waals surface area contributed by atoms with Gasteiger partial charge in [-0.3, -0.25) is 9.59 Å². The highest BCUT2D eigenvalue weighted by Gasteiger charge is 2.29. The standard InChI is InChI=1S/C24H29BrCl2N2O3/c1-4-11-28-24(31)21(6-3)29(14-17-8-9-18(26)13-20(17)27)23(30)15-32-22-10-7-16(5-2)12-19(22)25/h7-10,12-13,21H,4-6,11,14-15H2,1-3H3,(H,28,31)/t21-/m0/s1. The Balaban J connectivity index is 2.25. The third-order valence-corrected chi connectivity index (χ3v) is 6.25. The molecule has 0 saturated carbocycles. The van der Waals surface area contributed by atoms with Crippen molar-refractivity contribution < 1.29 is 14.3 Å². The zero-order valence-electron chi connectivity index (χ0n) is 18.6. The summed E-state index contributed by atoms with van der Waals surface area (Å²) >= 11 is 15.9. The van der Waals surface area contributed by atoms with Gasteiger partial charge < -0.3 is 15.0 Å². The van der Waals surface area contributed by atoms with Gasteiger partial charge in [0.25, 0.3) is 5.91 Å². The van der Waals surface area contributed by atoms with E-state index in [1.807, 2.05) is 32.0 Å². The maximum absolute atomic E-state index is 13.2. The van der Waals surface area contributed by atoms with E-state index in [0.717, 1.165) is 22.9 Å². The molecule has 0 saturated heterocycles. The molecule has 2 aromatic rings. The first kappa shape index (κ1) is 26.5. The lowest BCUT2D eigenvalue weighted by Crippen LogP contribution is -2.50. The fourth-order valence-corrected chi connectivity index (χ4v) is 4.23. The molecule has 2 amide bonds. The summed E-state index contributed by atoms with van der Waals surface area (Å²) in [5.74, 6) is 0.0748. The van der Waals surface area contributed by atoms with Crippen molar-refractivity contribution in [2.45, 2.75) is 52.6 Å². The lowest BCUT2D eigenvalue weighted by Gasteiger charge is -2.31. The molecule has 2 rings (SSSR count). The predicted molar refractivity (Wildman–Crippen MR) is 133 cm³/mol. The molecule has 8 heteroatoms. The normalized spacial score (nSPS) is 11.7. The zero-order chi connectivity index (χ0) is 23.7. The molecule has 1 N–H and O–H groups in total. The zero-order valence-corrected chi connectivity index (χ0v) is 21.7. The van der Waals surface area contributed by atoms with Crippen molar-refractivity contribution in [1.82, 2.24) is 10.2 Å². The van der Waals surface area contributed by atoms with Crippen molar-refractivity contribution in [3.63, 3.8) is 0 Å². The van der Waals surface area contributed by atoms with Crippen molar-refractivity contribution in [1.29, 1.82) is 0 Å². The largest absolute Gasteiger partial charge is 0.483 e. The number of amides is 2. The molecule has 0 radical (unpaired) electrons. The van der Waals surface area contributed by atoms with E-state index in [4.69, 9.17) is 27.9 Å². The van der Waals surface area contributed by atoms with Gasteiger partial charge in [-0.05, 0) is 70.6 Å². The molecule has 32 heavy (non-hydrogen) atoms. The van der Waals surface area contributed by atoms with E-state index < -0.39 is 6.04 Å². The summed E-state index contributed by atoms with van der Waals surface area (Å²) in [6.07, 6.45) is 2.17. The van der Waals surface area contributed by atoms with Gasteiger partial charge in [-0.1, -0.05) is 56.1 Å². The van der Waals surface area contributed by atoms with Crippen LogP contribution in [0.4, 0.5) is 0 Å². The molecular formula is C24H29BrCl2N2O3. The lowest BCUT2D eigenvalue weighted by molar-refractivity contribution is -0.143. The Labute approximate surface area is 208 Å². The number of ether oxygens (including phenoxy) is 1. The van der Waals surface area contributed by atoms with Crippen molar-refractivity contribution >= 4 is 50.9 Å². The average Bonchev–Trinajstić information content (AvgIpc) is 2.77. The van der Waals surface area contributed by atoms with E-state index in [2.05, 4.69) is 28.2 Å². The van der Waals surface area contributed by atoms with Gasteiger partial charge in [-0.25, -0.2) is 0 Å². The first-order valence-corrected chi connectivity index (χ1v) is 12.3. The number of nitrogens with zero attached hydrogens (tertiary/aromatic N) is 1. The summed E-state index contributed by atoms with van der Waals surface area (Å²) in [5.41, 5.74) is 1.87. The Morgan fingerprint density at radius 3 is 2.47 bits per heavy atom. The van der Waals surface area contributed by atoms with Crippen LogP contribution in [0, 0.1) is 0 Å². The Morgan fingerprint density at radius 1 is 1.12 bits per heavy atom. The molecule has 0 unspecified atom stereocenters. The van der Waals surface area contributed by atoms with Crippen LogP contribution in [0.5, 0.6) is 5.75 Å². The maximum atomic E-state index is 13.2. The van der Waals surface area contributed by atoms with E-state index in [1.54, 1.807) is 18.2 Å². The fraction of sp³-hybridized carbons (Fsp3) is 0.417. The van der Waals surface area contributed by atoms with Gasteiger partial charge in [0.1, 0.15) is 11.8 Å². The van der Waals surface area contributed by atoms with Gasteiger partial charge in [-0.15, -0.1) is 0 Å². The van der Waals surface area contributed by atoms with Crippen molar-refractivity contribution in [2.24, 2.45) is 0 Å². The molecule has 0 bridgehead atoms. The number of carbonyl (C=O) groups is 2. The molecule has 174 valence electrons. The van der Waals surface area contributed by atoms with Crippen LogP contribution < -0.4 is 10.1 Å². The molecule has 0 aliphatic rings. The number of hydrogen-bond acceptors (Lipinski definition) is 3. The molecule has 0 aromatic heterocycles. The Kier molecular flexibility index (Phi) is 10.8. The van der Waals surface area contributed by atoms with Gasteiger partial charge in [0.15, 0.2) is 6.61 Å². The minimum atomic E-state index is -0.643. The molecule has 0 aliphatic heterocycles. The second-order valence-corrected chi connectivity index (χ2v) is 9.08. The summed E-state index contributed by atoms with van der Waals surface area (Å²) in [6.45, 7) is 6.44. The van der Waals surface area contributed by atoms with Crippen LogP contribution in [0.2, 0.25) is 10.0 Å². The number of carbonyl (C=O) groups excluding carboxylic acids is 2. The van der Waals surface area contributed by atoms with Crippen molar-refractivity contribution in [3.8, 4) is 5.75 Å². The van der Waals surface area contributed by atoms with E-state index >= 15 is 0 Å². The van der Waals surface area contributed by atoms with E-state index in [9.17, 15) is 9.59 Å². The number of hydrogen-bond donors (Lipinski definition) is 1. The van der Waals surface area contributed by atoms with Gasteiger partial charge in [0.05, 0.1) is 4.47 Å². The van der Waals surface area contributed by atoms with Crippen LogP contribution in [0.1, 0.15) is 44.7 Å². The molecule has 0 heterocycles. The smallest absolute Gasteiger partial charge is 0.261 e. The topological polar surface area (TPSA) is 58.6 Å². The second kappa shape index (κ2) is 13.1. The van der Waals surface area contributed by atoms with Gasteiger partial charge in [0, 0.05) is 23.1 Å². The minimum absolute atomic E-state index is 0.173. The third-order valence-electron chi connectivity index (χ3n) is 5.05. The van der Waals surface area contributed by atoms with E-state index in [-0.39, 0.29) is 25.0 Å². The number of nitrogens with one attached hydrogen (secondary N) is 1. The molecule has 0 fully saturated rings. The van der Waals surface area contributed by atoms with E-state index in [1.165, 1.54) is 4.90 Å².